The molecule has 116 valence electrons. The number of benzene rings is 1. The summed E-state index contributed by atoms with van der Waals surface area (Å²) in [6, 6.07) is 8.57. The molecule has 1 heterocycles. The third-order valence-corrected chi connectivity index (χ3v) is 4.00. The van der Waals surface area contributed by atoms with Crippen molar-refractivity contribution in [2.75, 3.05) is 30.8 Å². The van der Waals surface area contributed by atoms with Crippen LogP contribution in [0.2, 0.25) is 0 Å². The molecule has 1 aliphatic heterocycles. The molecule has 1 saturated heterocycles. The summed E-state index contributed by atoms with van der Waals surface area (Å²) in [5.41, 5.74) is 1.99. The predicted octanol–water partition coefficient (Wildman–Crippen LogP) is 3.18. The number of rotatable bonds is 4. The van der Waals surface area contributed by atoms with E-state index < -0.39 is 0 Å². The first-order valence-electron chi connectivity index (χ1n) is 7.90. The van der Waals surface area contributed by atoms with Crippen molar-refractivity contribution in [2.45, 2.75) is 39.2 Å². The number of carbonyl (C=O) groups is 1. The van der Waals surface area contributed by atoms with Crippen LogP contribution in [0.15, 0.2) is 24.3 Å². The smallest absolute Gasteiger partial charge is 0.226 e. The van der Waals surface area contributed by atoms with Crippen LogP contribution in [0, 0.1) is 5.92 Å². The molecule has 0 aromatic heterocycles. The SMILES string of the molecule is CC(C)C(=O)Nc1ccc(NC2CCCN(C)CC2)cc1. The molecule has 1 amide bonds. The highest BCUT2D eigenvalue weighted by atomic mass is 16.1. The fraction of sp³-hybridized carbons (Fsp3) is 0.588. The van der Waals surface area contributed by atoms with Gasteiger partial charge in [0.05, 0.1) is 0 Å². The standard InChI is InChI=1S/C17H27N3O/c1-13(2)17(21)19-16-8-6-15(7-9-16)18-14-5-4-11-20(3)12-10-14/h6-9,13-14,18H,4-5,10-12H2,1-3H3,(H,19,21). The third kappa shape index (κ3) is 5.05. The number of nitrogens with zero attached hydrogens (tertiary/aromatic N) is 1. The summed E-state index contributed by atoms with van der Waals surface area (Å²) in [5, 5.41) is 6.52. The Labute approximate surface area is 127 Å². The van der Waals surface area contributed by atoms with Gasteiger partial charge in [-0.1, -0.05) is 13.8 Å². The van der Waals surface area contributed by atoms with Gasteiger partial charge in [0.1, 0.15) is 0 Å². The van der Waals surface area contributed by atoms with E-state index in [-0.39, 0.29) is 11.8 Å². The Morgan fingerprint density at radius 1 is 1.14 bits per heavy atom. The topological polar surface area (TPSA) is 44.4 Å². The van der Waals surface area contributed by atoms with E-state index in [1.165, 1.54) is 25.8 Å². The number of amides is 1. The van der Waals surface area contributed by atoms with E-state index >= 15 is 0 Å². The van der Waals surface area contributed by atoms with Crippen LogP contribution in [0.4, 0.5) is 11.4 Å². The van der Waals surface area contributed by atoms with E-state index in [4.69, 9.17) is 0 Å². The van der Waals surface area contributed by atoms with Crippen molar-refractivity contribution < 1.29 is 4.79 Å². The molecule has 1 atom stereocenters. The molecule has 0 spiro atoms. The summed E-state index contributed by atoms with van der Waals surface area (Å²) in [6.07, 6.45) is 3.65. The lowest BCUT2D eigenvalue weighted by molar-refractivity contribution is -0.118. The van der Waals surface area contributed by atoms with Crippen molar-refractivity contribution in [1.29, 1.82) is 0 Å². The van der Waals surface area contributed by atoms with Gasteiger partial charge in [-0.25, -0.2) is 0 Å². The lowest BCUT2D eigenvalue weighted by Gasteiger charge is -2.18. The molecule has 0 aliphatic carbocycles. The van der Waals surface area contributed by atoms with Crippen molar-refractivity contribution in [1.82, 2.24) is 4.90 Å². The van der Waals surface area contributed by atoms with E-state index in [0.717, 1.165) is 17.9 Å². The molecule has 1 aromatic carbocycles. The van der Waals surface area contributed by atoms with Gasteiger partial charge in [-0.15, -0.1) is 0 Å². The van der Waals surface area contributed by atoms with Gasteiger partial charge in [0.15, 0.2) is 0 Å². The zero-order valence-corrected chi connectivity index (χ0v) is 13.4. The summed E-state index contributed by atoms with van der Waals surface area (Å²) in [4.78, 5) is 14.0. The van der Waals surface area contributed by atoms with E-state index in [1.54, 1.807) is 0 Å². The quantitative estimate of drug-likeness (QED) is 0.895. The predicted molar refractivity (Wildman–Crippen MR) is 88.7 cm³/mol. The van der Waals surface area contributed by atoms with E-state index in [2.05, 4.69) is 22.6 Å². The van der Waals surface area contributed by atoms with Crippen LogP contribution >= 0.6 is 0 Å². The zero-order chi connectivity index (χ0) is 15.2. The second kappa shape index (κ2) is 7.46. The maximum absolute atomic E-state index is 11.7. The number of likely N-dealkylation sites (tertiary alicyclic amines) is 1. The van der Waals surface area contributed by atoms with Crippen molar-refractivity contribution in [2.24, 2.45) is 5.92 Å². The highest BCUT2D eigenvalue weighted by molar-refractivity contribution is 5.92. The molecule has 1 aliphatic rings. The van der Waals surface area contributed by atoms with E-state index in [1.807, 2.05) is 38.1 Å². The molecule has 2 N–H and O–H groups in total. The molecule has 2 rings (SSSR count). The van der Waals surface area contributed by atoms with Crippen LogP contribution in [-0.4, -0.2) is 37.0 Å². The minimum atomic E-state index is 0.00535. The van der Waals surface area contributed by atoms with Gasteiger partial charge >= 0.3 is 0 Å². The third-order valence-electron chi connectivity index (χ3n) is 4.00. The van der Waals surface area contributed by atoms with Gasteiger partial charge < -0.3 is 15.5 Å². The average Bonchev–Trinajstić information content (AvgIpc) is 2.66. The normalized spacial score (nSPS) is 20.1. The number of hydrogen-bond donors (Lipinski definition) is 2. The fourth-order valence-electron chi connectivity index (χ4n) is 2.56. The minimum absolute atomic E-state index is 0.00535. The van der Waals surface area contributed by atoms with Crippen molar-refractivity contribution in [3.05, 3.63) is 24.3 Å². The van der Waals surface area contributed by atoms with Crippen LogP contribution < -0.4 is 10.6 Å². The molecule has 0 saturated carbocycles. The number of carbonyl (C=O) groups excluding carboxylic acids is 1. The number of hydrogen-bond acceptors (Lipinski definition) is 3. The van der Waals surface area contributed by atoms with Crippen LogP contribution in [0.3, 0.4) is 0 Å². The monoisotopic (exact) mass is 289 g/mol. The Balaban J connectivity index is 1.88. The molecule has 1 unspecified atom stereocenters. The van der Waals surface area contributed by atoms with Gasteiger partial charge in [-0.05, 0) is 63.7 Å². The lowest BCUT2D eigenvalue weighted by Crippen LogP contribution is -2.23. The Morgan fingerprint density at radius 2 is 1.81 bits per heavy atom. The Kier molecular flexibility index (Phi) is 5.62. The molecule has 21 heavy (non-hydrogen) atoms. The largest absolute Gasteiger partial charge is 0.382 e. The Morgan fingerprint density at radius 3 is 2.48 bits per heavy atom. The molecule has 0 radical (unpaired) electrons. The van der Waals surface area contributed by atoms with Gasteiger partial charge in [-0.2, -0.15) is 0 Å². The van der Waals surface area contributed by atoms with Crippen LogP contribution in [0.25, 0.3) is 0 Å². The van der Waals surface area contributed by atoms with Crippen LogP contribution in [-0.2, 0) is 4.79 Å². The molecule has 4 heteroatoms. The highest BCUT2D eigenvalue weighted by Gasteiger charge is 2.14. The number of nitrogens with one attached hydrogen (secondary N) is 2. The molecule has 1 fully saturated rings. The molecule has 4 nitrogen and oxygen atoms in total. The highest BCUT2D eigenvalue weighted by Crippen LogP contribution is 2.19. The van der Waals surface area contributed by atoms with Gasteiger partial charge in [0.25, 0.3) is 0 Å². The van der Waals surface area contributed by atoms with Crippen molar-refractivity contribution >= 4 is 17.3 Å². The van der Waals surface area contributed by atoms with Crippen molar-refractivity contribution in [3.8, 4) is 0 Å². The first-order valence-corrected chi connectivity index (χ1v) is 7.90. The fourth-order valence-corrected chi connectivity index (χ4v) is 2.56. The van der Waals surface area contributed by atoms with Gasteiger partial charge in [0, 0.05) is 23.3 Å². The second-order valence-corrected chi connectivity index (χ2v) is 6.30. The van der Waals surface area contributed by atoms with Crippen LogP contribution in [0.5, 0.6) is 0 Å². The molecule has 1 aromatic rings. The molecular weight excluding hydrogens is 262 g/mol. The maximum atomic E-state index is 11.7. The Hall–Kier alpha value is -1.55. The van der Waals surface area contributed by atoms with Crippen molar-refractivity contribution in [3.63, 3.8) is 0 Å². The maximum Gasteiger partial charge on any atom is 0.226 e. The number of anilines is 2. The van der Waals surface area contributed by atoms with E-state index in [0.29, 0.717) is 6.04 Å². The van der Waals surface area contributed by atoms with Crippen LogP contribution in [0.1, 0.15) is 33.1 Å². The Bertz CT molecular complexity index is 456. The summed E-state index contributed by atoms with van der Waals surface area (Å²) in [7, 11) is 2.19. The molecule has 0 bridgehead atoms. The van der Waals surface area contributed by atoms with Gasteiger partial charge in [-0.3, -0.25) is 4.79 Å². The summed E-state index contributed by atoms with van der Waals surface area (Å²) in [5.74, 6) is 0.0632. The van der Waals surface area contributed by atoms with E-state index in [9.17, 15) is 4.79 Å². The first kappa shape index (κ1) is 15.8. The summed E-state index contributed by atoms with van der Waals surface area (Å²) in [6.45, 7) is 6.14. The zero-order valence-electron chi connectivity index (χ0n) is 13.4. The first-order chi connectivity index (χ1) is 10.0. The summed E-state index contributed by atoms with van der Waals surface area (Å²) < 4.78 is 0. The summed E-state index contributed by atoms with van der Waals surface area (Å²) >= 11 is 0. The minimum Gasteiger partial charge on any atom is -0.382 e. The lowest BCUT2D eigenvalue weighted by atomic mass is 10.1. The average molecular weight is 289 g/mol. The van der Waals surface area contributed by atoms with Gasteiger partial charge in [0.2, 0.25) is 5.91 Å². The molecular formula is C17H27N3O. The second-order valence-electron chi connectivity index (χ2n) is 6.30.